The van der Waals surface area contributed by atoms with E-state index in [-0.39, 0.29) is 5.91 Å². The Morgan fingerprint density at radius 1 is 1.11 bits per heavy atom. The van der Waals surface area contributed by atoms with Gasteiger partial charge in [-0.25, -0.2) is 0 Å². The van der Waals surface area contributed by atoms with Crippen molar-refractivity contribution in [1.29, 1.82) is 0 Å². The van der Waals surface area contributed by atoms with E-state index in [2.05, 4.69) is 19.2 Å². The number of furan rings is 1. The van der Waals surface area contributed by atoms with E-state index < -0.39 is 0 Å². The summed E-state index contributed by atoms with van der Waals surface area (Å²) in [4.78, 5) is 12.8. The van der Waals surface area contributed by atoms with Crippen LogP contribution in [0.15, 0.2) is 34.7 Å². The molecule has 0 saturated carbocycles. The average molecular weight is 384 g/mol. The normalized spacial score (nSPS) is 11.2. The van der Waals surface area contributed by atoms with E-state index in [9.17, 15) is 4.79 Å². The minimum atomic E-state index is -0.0976. The lowest BCUT2D eigenvalue weighted by Gasteiger charge is -2.13. The highest BCUT2D eigenvalue weighted by Gasteiger charge is 2.19. The van der Waals surface area contributed by atoms with Gasteiger partial charge in [0.05, 0.1) is 19.7 Å². The maximum absolute atomic E-state index is 12.8. The molecule has 6 nitrogen and oxygen atoms in total. The van der Waals surface area contributed by atoms with Crippen molar-refractivity contribution in [1.82, 2.24) is 9.88 Å². The second-order valence-electron chi connectivity index (χ2n) is 7.38. The van der Waals surface area contributed by atoms with Crippen molar-refractivity contribution in [2.75, 3.05) is 20.8 Å². The van der Waals surface area contributed by atoms with Crippen LogP contribution < -0.4 is 14.8 Å². The van der Waals surface area contributed by atoms with Gasteiger partial charge in [0.25, 0.3) is 5.91 Å². The van der Waals surface area contributed by atoms with Gasteiger partial charge in [-0.1, -0.05) is 13.8 Å². The Hall–Kier alpha value is -2.89. The molecule has 1 aromatic carbocycles. The number of amides is 1. The third-order valence-corrected chi connectivity index (χ3v) is 4.70. The molecule has 1 amide bonds. The molecule has 3 rings (SSSR count). The largest absolute Gasteiger partial charge is 0.497 e. The van der Waals surface area contributed by atoms with Gasteiger partial charge in [0.2, 0.25) is 0 Å². The highest BCUT2D eigenvalue weighted by Crippen LogP contribution is 2.28. The fraction of sp³-hybridized carbons (Fsp3) is 0.409. The number of hydrogen-bond acceptors (Lipinski definition) is 4. The Kier molecular flexibility index (Phi) is 5.97. The number of hydrogen-bond donors (Lipinski definition) is 1. The van der Waals surface area contributed by atoms with Crippen molar-refractivity contribution in [3.05, 3.63) is 47.3 Å². The van der Waals surface area contributed by atoms with Gasteiger partial charge in [0.1, 0.15) is 23.0 Å². The molecular formula is C22H28N2O4. The summed E-state index contributed by atoms with van der Waals surface area (Å²) in [6.07, 6.45) is 0.939. The molecule has 0 unspecified atom stereocenters. The maximum atomic E-state index is 12.8. The molecule has 0 fully saturated rings. The van der Waals surface area contributed by atoms with E-state index in [1.807, 2.05) is 41.8 Å². The SMILES string of the molecule is COc1cc(Cn2c(C(=O)NCCC(C)C)cc3oc(C)cc32)cc(OC)c1. The van der Waals surface area contributed by atoms with Gasteiger partial charge in [0, 0.05) is 31.3 Å². The van der Waals surface area contributed by atoms with Gasteiger partial charge in [-0.2, -0.15) is 0 Å². The predicted octanol–water partition coefficient (Wildman–Crippen LogP) is 4.38. The maximum Gasteiger partial charge on any atom is 0.268 e. The fourth-order valence-corrected chi connectivity index (χ4v) is 3.23. The van der Waals surface area contributed by atoms with Crippen LogP contribution >= 0.6 is 0 Å². The lowest BCUT2D eigenvalue weighted by Crippen LogP contribution is -2.27. The first-order valence-corrected chi connectivity index (χ1v) is 9.51. The van der Waals surface area contributed by atoms with Crippen LogP contribution in [0.2, 0.25) is 0 Å². The van der Waals surface area contributed by atoms with Crippen LogP contribution in [0.5, 0.6) is 11.5 Å². The van der Waals surface area contributed by atoms with Crippen LogP contribution in [-0.4, -0.2) is 31.2 Å². The van der Waals surface area contributed by atoms with Gasteiger partial charge in [-0.05, 0) is 37.0 Å². The molecule has 6 heteroatoms. The van der Waals surface area contributed by atoms with Crippen LogP contribution in [0.4, 0.5) is 0 Å². The molecule has 0 aliphatic carbocycles. The van der Waals surface area contributed by atoms with Crippen molar-refractivity contribution in [3.8, 4) is 11.5 Å². The summed E-state index contributed by atoms with van der Waals surface area (Å²) in [5.41, 5.74) is 3.16. The number of aryl methyl sites for hydroxylation is 1. The molecule has 150 valence electrons. The lowest BCUT2D eigenvalue weighted by molar-refractivity contribution is 0.0943. The molecule has 0 aliphatic heterocycles. The number of benzene rings is 1. The van der Waals surface area contributed by atoms with Crippen LogP contribution in [0, 0.1) is 12.8 Å². The summed E-state index contributed by atoms with van der Waals surface area (Å²) in [6, 6.07) is 9.49. The quantitative estimate of drug-likeness (QED) is 0.626. The van der Waals surface area contributed by atoms with Gasteiger partial charge in [-0.15, -0.1) is 0 Å². The van der Waals surface area contributed by atoms with E-state index in [0.717, 1.165) is 23.3 Å². The summed E-state index contributed by atoms with van der Waals surface area (Å²) >= 11 is 0. The number of carbonyl (C=O) groups excluding carboxylic acids is 1. The molecule has 0 bridgehead atoms. The number of fused-ring (bicyclic) bond motifs is 1. The fourth-order valence-electron chi connectivity index (χ4n) is 3.23. The minimum Gasteiger partial charge on any atom is -0.497 e. The highest BCUT2D eigenvalue weighted by atomic mass is 16.5. The third kappa shape index (κ3) is 4.32. The first-order chi connectivity index (χ1) is 13.4. The first-order valence-electron chi connectivity index (χ1n) is 9.51. The number of rotatable bonds is 8. The molecule has 2 heterocycles. The second-order valence-corrected chi connectivity index (χ2v) is 7.38. The molecule has 0 saturated heterocycles. The zero-order chi connectivity index (χ0) is 20.3. The number of nitrogens with one attached hydrogen (secondary N) is 1. The Labute approximate surface area is 165 Å². The van der Waals surface area contributed by atoms with Gasteiger partial charge < -0.3 is 23.8 Å². The van der Waals surface area contributed by atoms with Crippen molar-refractivity contribution < 1.29 is 18.7 Å². The summed E-state index contributed by atoms with van der Waals surface area (Å²) < 4.78 is 18.5. The smallest absolute Gasteiger partial charge is 0.268 e. The monoisotopic (exact) mass is 384 g/mol. The Balaban J connectivity index is 1.95. The lowest BCUT2D eigenvalue weighted by atomic mass is 10.1. The number of carbonyl (C=O) groups is 1. The van der Waals surface area contributed by atoms with Crippen molar-refractivity contribution in [3.63, 3.8) is 0 Å². The highest BCUT2D eigenvalue weighted by molar-refractivity contribution is 5.97. The topological polar surface area (TPSA) is 65.6 Å². The van der Waals surface area contributed by atoms with E-state index in [1.165, 1.54) is 0 Å². The van der Waals surface area contributed by atoms with Crippen molar-refractivity contribution in [2.24, 2.45) is 5.92 Å². The molecular weight excluding hydrogens is 356 g/mol. The molecule has 0 spiro atoms. The Morgan fingerprint density at radius 2 is 1.79 bits per heavy atom. The van der Waals surface area contributed by atoms with E-state index >= 15 is 0 Å². The van der Waals surface area contributed by atoms with Crippen molar-refractivity contribution >= 4 is 17.0 Å². The van der Waals surface area contributed by atoms with E-state index in [1.54, 1.807) is 14.2 Å². The number of nitrogens with zero attached hydrogens (tertiary/aromatic N) is 1. The van der Waals surface area contributed by atoms with Gasteiger partial charge >= 0.3 is 0 Å². The molecule has 28 heavy (non-hydrogen) atoms. The summed E-state index contributed by atoms with van der Waals surface area (Å²) in [5, 5.41) is 3.02. The molecule has 2 aromatic heterocycles. The first kappa shape index (κ1) is 19.9. The Morgan fingerprint density at radius 3 is 2.39 bits per heavy atom. The second kappa shape index (κ2) is 8.42. The van der Waals surface area contributed by atoms with Crippen LogP contribution in [0.25, 0.3) is 11.1 Å². The predicted molar refractivity (Wildman–Crippen MR) is 109 cm³/mol. The van der Waals surface area contributed by atoms with Crippen LogP contribution in [0.1, 0.15) is 42.1 Å². The standard InChI is InChI=1S/C22H28N2O4/c1-14(2)6-7-23-22(25)20-12-21-19(8-15(3)28-21)24(20)13-16-9-17(26-4)11-18(10-16)27-5/h8-12,14H,6-7,13H2,1-5H3,(H,23,25). The van der Waals surface area contributed by atoms with Gasteiger partial charge in [-0.3, -0.25) is 4.79 Å². The van der Waals surface area contributed by atoms with Crippen LogP contribution in [0.3, 0.4) is 0 Å². The zero-order valence-electron chi connectivity index (χ0n) is 17.2. The Bertz CT molecular complexity index is 946. The third-order valence-electron chi connectivity index (χ3n) is 4.70. The number of methoxy groups -OCH3 is 2. The van der Waals surface area contributed by atoms with Crippen molar-refractivity contribution in [2.45, 2.75) is 33.7 Å². The summed E-state index contributed by atoms with van der Waals surface area (Å²) in [5.74, 6) is 2.68. The van der Waals surface area contributed by atoms with Gasteiger partial charge in [0.15, 0.2) is 5.58 Å². The summed E-state index contributed by atoms with van der Waals surface area (Å²) in [6.45, 7) is 7.33. The molecule has 0 radical (unpaired) electrons. The molecule has 1 N–H and O–H groups in total. The average Bonchev–Trinajstić information content (AvgIpc) is 3.18. The van der Waals surface area contributed by atoms with E-state index in [4.69, 9.17) is 13.9 Å². The molecule has 3 aromatic rings. The number of ether oxygens (including phenoxy) is 2. The number of aromatic nitrogens is 1. The van der Waals surface area contributed by atoms with E-state index in [0.29, 0.717) is 41.8 Å². The zero-order valence-corrected chi connectivity index (χ0v) is 17.2. The van der Waals surface area contributed by atoms with Crippen LogP contribution in [-0.2, 0) is 6.54 Å². The minimum absolute atomic E-state index is 0.0976. The summed E-state index contributed by atoms with van der Waals surface area (Å²) in [7, 11) is 3.25. The molecule has 0 atom stereocenters. The molecule has 0 aliphatic rings.